The number of hydrogen-bond acceptors (Lipinski definition) is 5. The van der Waals surface area contributed by atoms with Crippen molar-refractivity contribution in [1.29, 1.82) is 0 Å². The molecule has 0 radical (unpaired) electrons. The number of amides is 2. The maximum absolute atomic E-state index is 13.6. The summed E-state index contributed by atoms with van der Waals surface area (Å²) >= 11 is 0. The third kappa shape index (κ3) is 4.67. The van der Waals surface area contributed by atoms with Gasteiger partial charge in [0.05, 0.1) is 6.04 Å². The van der Waals surface area contributed by atoms with Crippen LogP contribution in [-0.4, -0.2) is 45.9 Å². The van der Waals surface area contributed by atoms with Crippen LogP contribution in [0.15, 0.2) is 84.9 Å². The van der Waals surface area contributed by atoms with Crippen LogP contribution in [0.2, 0.25) is 0 Å². The van der Waals surface area contributed by atoms with E-state index in [2.05, 4.69) is 29.2 Å². The van der Waals surface area contributed by atoms with Gasteiger partial charge in [-0.1, -0.05) is 84.9 Å². The largest absolute Gasteiger partial charge is 0.443 e. The molecule has 37 heavy (non-hydrogen) atoms. The molecule has 0 spiro atoms. The molecule has 0 aromatic heterocycles. The fourth-order valence-corrected chi connectivity index (χ4v) is 5.98. The van der Waals surface area contributed by atoms with Gasteiger partial charge < -0.3 is 9.47 Å². The van der Waals surface area contributed by atoms with E-state index in [-0.39, 0.29) is 31.5 Å². The number of carbonyl (C=O) groups is 2. The van der Waals surface area contributed by atoms with Gasteiger partial charge in [0.2, 0.25) is 0 Å². The van der Waals surface area contributed by atoms with Crippen LogP contribution >= 0.6 is 0 Å². The molecule has 3 unspecified atom stereocenters. The molecule has 7 rings (SSSR count). The first kappa shape index (κ1) is 23.6. The molecular formula is C30H31N3O4. The summed E-state index contributed by atoms with van der Waals surface area (Å²) in [4.78, 5) is 29.4. The minimum absolute atomic E-state index is 0.146. The van der Waals surface area contributed by atoms with Crippen LogP contribution in [0.3, 0.4) is 0 Å². The molecule has 2 amide bonds. The zero-order chi connectivity index (χ0) is 25.2. The lowest BCUT2D eigenvalue weighted by atomic mass is 9.95. The summed E-state index contributed by atoms with van der Waals surface area (Å²) in [5.74, 6) is 0. The van der Waals surface area contributed by atoms with Gasteiger partial charge in [0.15, 0.2) is 0 Å². The smallest absolute Gasteiger partial charge is 0.430 e. The highest BCUT2D eigenvalue weighted by Crippen LogP contribution is 2.43. The van der Waals surface area contributed by atoms with E-state index in [1.807, 2.05) is 60.7 Å². The number of hydrazine groups is 1. The van der Waals surface area contributed by atoms with Gasteiger partial charge in [0.25, 0.3) is 0 Å². The van der Waals surface area contributed by atoms with E-state index in [4.69, 9.17) is 9.47 Å². The van der Waals surface area contributed by atoms with Crippen molar-refractivity contribution in [2.75, 3.05) is 6.54 Å². The highest BCUT2D eigenvalue weighted by molar-refractivity contribution is 5.75. The lowest BCUT2D eigenvalue weighted by Gasteiger charge is -2.57. The van der Waals surface area contributed by atoms with E-state index in [0.717, 1.165) is 36.8 Å². The predicted octanol–water partition coefficient (Wildman–Crippen LogP) is 5.67. The number of ether oxygens (including phenoxy) is 2. The van der Waals surface area contributed by atoms with Gasteiger partial charge in [0, 0.05) is 12.6 Å². The van der Waals surface area contributed by atoms with Crippen LogP contribution in [0.4, 0.5) is 9.59 Å². The molecule has 3 aromatic carbocycles. The van der Waals surface area contributed by atoms with Crippen molar-refractivity contribution >= 4 is 12.2 Å². The number of carbonyl (C=O) groups excluding carboxylic acids is 2. The van der Waals surface area contributed by atoms with Crippen LogP contribution < -0.4 is 0 Å². The summed E-state index contributed by atoms with van der Waals surface area (Å²) in [7, 11) is 0. The third-order valence-electron chi connectivity index (χ3n) is 7.71. The van der Waals surface area contributed by atoms with Crippen LogP contribution in [0, 0.1) is 0 Å². The number of aryl methyl sites for hydroxylation is 1. The molecule has 4 aliphatic rings. The number of nitrogens with zero attached hydrogens (tertiary/aromatic N) is 3. The Morgan fingerprint density at radius 1 is 0.703 bits per heavy atom. The van der Waals surface area contributed by atoms with Crippen LogP contribution in [0.25, 0.3) is 0 Å². The Balaban J connectivity index is 1.25. The molecule has 0 saturated carbocycles. The summed E-state index contributed by atoms with van der Waals surface area (Å²) in [6, 6.07) is 27.8. The van der Waals surface area contributed by atoms with Gasteiger partial charge in [-0.2, -0.15) is 5.01 Å². The highest BCUT2D eigenvalue weighted by Gasteiger charge is 2.52. The molecule has 3 saturated heterocycles. The summed E-state index contributed by atoms with van der Waals surface area (Å²) in [5.41, 5.74) is 4.50. The second kappa shape index (κ2) is 10.3. The van der Waals surface area contributed by atoms with Gasteiger partial charge in [-0.05, 0) is 47.9 Å². The molecule has 1 aliphatic carbocycles. The minimum Gasteiger partial charge on any atom is -0.443 e. The fraction of sp³-hybridized carbons (Fsp3) is 0.333. The van der Waals surface area contributed by atoms with Gasteiger partial charge in [-0.3, -0.25) is 4.90 Å². The van der Waals surface area contributed by atoms with Gasteiger partial charge in [0.1, 0.15) is 19.4 Å². The molecule has 3 atom stereocenters. The van der Waals surface area contributed by atoms with Crippen molar-refractivity contribution in [1.82, 2.24) is 14.9 Å². The first-order chi connectivity index (χ1) is 18.2. The van der Waals surface area contributed by atoms with Crippen LogP contribution in [0.5, 0.6) is 0 Å². The Morgan fingerprint density at radius 3 is 1.97 bits per heavy atom. The van der Waals surface area contributed by atoms with E-state index in [1.54, 1.807) is 0 Å². The molecule has 3 heterocycles. The topological polar surface area (TPSA) is 62.3 Å². The Hall–Kier alpha value is -3.84. The van der Waals surface area contributed by atoms with Crippen molar-refractivity contribution in [3.05, 3.63) is 107 Å². The van der Waals surface area contributed by atoms with E-state index in [1.165, 1.54) is 21.1 Å². The quantitative estimate of drug-likeness (QED) is 0.455. The lowest BCUT2D eigenvalue weighted by molar-refractivity contribution is -0.190. The SMILES string of the molecule is O=C(OCc1ccccc1)N1C2CCC(N(C3CCc4ccccc43)C2)N1C(=O)OCc1ccccc1. The molecule has 3 aromatic rings. The Morgan fingerprint density at radius 2 is 1.30 bits per heavy atom. The molecule has 7 heteroatoms. The Labute approximate surface area is 217 Å². The van der Waals surface area contributed by atoms with Gasteiger partial charge in [-0.25, -0.2) is 14.6 Å². The zero-order valence-electron chi connectivity index (χ0n) is 20.7. The van der Waals surface area contributed by atoms with Crippen molar-refractivity contribution in [2.45, 2.75) is 57.1 Å². The number of piperidine rings is 1. The summed E-state index contributed by atoms with van der Waals surface area (Å²) in [6.45, 7) is 0.999. The predicted molar refractivity (Wildman–Crippen MR) is 138 cm³/mol. The van der Waals surface area contributed by atoms with Gasteiger partial charge >= 0.3 is 12.2 Å². The second-order valence-electron chi connectivity index (χ2n) is 9.93. The number of rotatable bonds is 5. The van der Waals surface area contributed by atoms with Crippen molar-refractivity contribution in [3.63, 3.8) is 0 Å². The molecular weight excluding hydrogens is 466 g/mol. The van der Waals surface area contributed by atoms with E-state index in [9.17, 15) is 9.59 Å². The number of benzene rings is 3. The lowest BCUT2D eigenvalue weighted by Crippen LogP contribution is -2.73. The highest BCUT2D eigenvalue weighted by atomic mass is 16.6. The average molecular weight is 498 g/mol. The molecule has 190 valence electrons. The Kier molecular flexibility index (Phi) is 6.53. The zero-order valence-corrected chi connectivity index (χ0v) is 20.7. The summed E-state index contributed by atoms with van der Waals surface area (Å²) in [5, 5.41) is 3.04. The molecule has 3 fully saturated rings. The van der Waals surface area contributed by atoms with Crippen LogP contribution in [-0.2, 0) is 29.1 Å². The van der Waals surface area contributed by atoms with E-state index < -0.39 is 12.2 Å². The van der Waals surface area contributed by atoms with Crippen molar-refractivity contribution in [3.8, 4) is 0 Å². The van der Waals surface area contributed by atoms with Crippen LogP contribution in [0.1, 0.15) is 47.6 Å². The fourth-order valence-electron chi connectivity index (χ4n) is 5.98. The first-order valence-electron chi connectivity index (χ1n) is 13.0. The normalized spacial score (nSPS) is 22.5. The summed E-state index contributed by atoms with van der Waals surface area (Å²) < 4.78 is 11.5. The van der Waals surface area contributed by atoms with Crippen molar-refractivity contribution < 1.29 is 19.1 Å². The standard InChI is InChI=1S/C30H31N3O4/c34-29(36-20-22-9-3-1-4-10-22)32-25-16-18-28(33(32)30(35)37-21-23-11-5-2-6-12-23)31(19-25)27-17-15-24-13-7-8-14-26(24)27/h1-14,25,27-28H,15-21H2. The maximum atomic E-state index is 13.6. The first-order valence-corrected chi connectivity index (χ1v) is 13.0. The summed E-state index contributed by atoms with van der Waals surface area (Å²) in [6.07, 6.45) is 2.33. The maximum Gasteiger partial charge on any atom is 0.430 e. The average Bonchev–Trinajstić information content (AvgIpc) is 3.39. The molecule has 7 nitrogen and oxygen atoms in total. The Bertz CT molecular complexity index is 1250. The third-order valence-corrected chi connectivity index (χ3v) is 7.71. The molecule has 2 bridgehead atoms. The van der Waals surface area contributed by atoms with E-state index in [0.29, 0.717) is 6.54 Å². The number of fused-ring (bicyclic) bond motifs is 4. The monoisotopic (exact) mass is 497 g/mol. The minimum atomic E-state index is -0.522. The molecule has 0 N–H and O–H groups in total. The molecule has 3 aliphatic heterocycles. The number of hydrogen-bond donors (Lipinski definition) is 0. The van der Waals surface area contributed by atoms with E-state index >= 15 is 0 Å². The van der Waals surface area contributed by atoms with Crippen molar-refractivity contribution in [2.24, 2.45) is 0 Å². The van der Waals surface area contributed by atoms with Gasteiger partial charge in [-0.15, -0.1) is 0 Å². The second-order valence-corrected chi connectivity index (χ2v) is 9.93.